The lowest BCUT2D eigenvalue weighted by Gasteiger charge is -2.09. The Bertz CT molecular complexity index is 1200. The maximum atomic E-state index is 12.2. The van der Waals surface area contributed by atoms with Crippen LogP contribution in [0.2, 0.25) is 0 Å². The van der Waals surface area contributed by atoms with E-state index < -0.39 is 18.5 Å². The third kappa shape index (κ3) is 7.10. The topological polar surface area (TPSA) is 127 Å². The van der Waals surface area contributed by atoms with Crippen LogP contribution in [0, 0.1) is 11.3 Å². The molecule has 0 aliphatic carbocycles. The minimum atomic E-state index is -0.683. The van der Waals surface area contributed by atoms with Crippen molar-refractivity contribution in [1.29, 1.82) is 5.26 Å². The highest BCUT2D eigenvalue weighted by atomic mass is 16.5. The van der Waals surface area contributed by atoms with Gasteiger partial charge in [-0.3, -0.25) is 9.59 Å². The lowest BCUT2D eigenvalue weighted by atomic mass is 10.2. The molecule has 3 aromatic carbocycles. The molecule has 172 valence electrons. The van der Waals surface area contributed by atoms with Crippen LogP contribution in [-0.4, -0.2) is 38.1 Å². The van der Waals surface area contributed by atoms with Gasteiger partial charge in [0.1, 0.15) is 11.5 Å². The first-order valence-corrected chi connectivity index (χ1v) is 10.1. The fraction of sp³-hybridized carbons (Fsp3) is 0.120. The number of hydrogen-bond acceptors (Lipinski definition) is 7. The molecule has 34 heavy (non-hydrogen) atoms. The summed E-state index contributed by atoms with van der Waals surface area (Å²) in [4.78, 5) is 36.2. The lowest BCUT2D eigenvalue weighted by molar-refractivity contribution is -0.119. The van der Waals surface area contributed by atoms with Crippen LogP contribution in [0.5, 0.6) is 11.5 Å². The Hall–Kier alpha value is -4.84. The van der Waals surface area contributed by atoms with E-state index in [1.54, 1.807) is 48.5 Å². The van der Waals surface area contributed by atoms with Crippen molar-refractivity contribution in [2.45, 2.75) is 0 Å². The van der Waals surface area contributed by atoms with Crippen molar-refractivity contribution in [1.82, 2.24) is 0 Å². The smallest absolute Gasteiger partial charge is 0.338 e. The van der Waals surface area contributed by atoms with Gasteiger partial charge < -0.3 is 24.8 Å². The average molecular weight is 459 g/mol. The predicted octanol–water partition coefficient (Wildman–Crippen LogP) is 3.38. The van der Waals surface area contributed by atoms with E-state index in [9.17, 15) is 14.4 Å². The minimum Gasteiger partial charge on any atom is -0.497 e. The molecule has 0 aromatic heterocycles. The Morgan fingerprint density at radius 1 is 0.824 bits per heavy atom. The molecule has 0 saturated heterocycles. The zero-order valence-corrected chi connectivity index (χ0v) is 18.2. The van der Waals surface area contributed by atoms with Crippen LogP contribution in [0.3, 0.4) is 0 Å². The van der Waals surface area contributed by atoms with E-state index in [0.717, 1.165) is 0 Å². The van der Waals surface area contributed by atoms with Gasteiger partial charge in [0.15, 0.2) is 13.2 Å². The van der Waals surface area contributed by atoms with Crippen LogP contribution in [0.1, 0.15) is 15.9 Å². The van der Waals surface area contributed by atoms with E-state index in [1.165, 1.54) is 31.4 Å². The van der Waals surface area contributed by atoms with Crippen LogP contribution in [0.15, 0.2) is 72.8 Å². The second kappa shape index (κ2) is 11.7. The number of esters is 1. The maximum absolute atomic E-state index is 12.2. The van der Waals surface area contributed by atoms with Gasteiger partial charge in [-0.05, 0) is 60.7 Å². The van der Waals surface area contributed by atoms with Crippen molar-refractivity contribution in [2.24, 2.45) is 0 Å². The number of amides is 2. The summed E-state index contributed by atoms with van der Waals surface area (Å²) in [5.41, 5.74) is 1.75. The van der Waals surface area contributed by atoms with Crippen LogP contribution in [-0.2, 0) is 14.3 Å². The Morgan fingerprint density at radius 2 is 1.50 bits per heavy atom. The number of carbonyl (C=O) groups excluding carboxylic acids is 3. The third-order valence-electron chi connectivity index (χ3n) is 4.45. The van der Waals surface area contributed by atoms with E-state index in [-0.39, 0.29) is 18.1 Å². The van der Waals surface area contributed by atoms with E-state index in [4.69, 9.17) is 19.5 Å². The van der Waals surface area contributed by atoms with Crippen molar-refractivity contribution < 1.29 is 28.6 Å². The SMILES string of the molecule is COc1cccc(NC(=O)COc2ccc(C(=O)OCC(=O)Nc3ccc(C#N)cc3)cc2)c1. The molecule has 0 bridgehead atoms. The lowest BCUT2D eigenvalue weighted by Crippen LogP contribution is -2.21. The molecule has 9 nitrogen and oxygen atoms in total. The van der Waals surface area contributed by atoms with Crippen LogP contribution in [0.25, 0.3) is 0 Å². The third-order valence-corrected chi connectivity index (χ3v) is 4.45. The van der Waals surface area contributed by atoms with E-state index in [0.29, 0.717) is 28.4 Å². The monoisotopic (exact) mass is 459 g/mol. The van der Waals surface area contributed by atoms with Gasteiger partial charge in [0.2, 0.25) is 0 Å². The molecule has 0 aliphatic rings. The molecule has 0 atom stereocenters. The number of methoxy groups -OCH3 is 1. The highest BCUT2D eigenvalue weighted by molar-refractivity contribution is 5.95. The molecule has 0 unspecified atom stereocenters. The number of hydrogen-bond donors (Lipinski definition) is 2. The van der Waals surface area contributed by atoms with Crippen molar-refractivity contribution in [3.63, 3.8) is 0 Å². The van der Waals surface area contributed by atoms with Gasteiger partial charge in [0, 0.05) is 17.4 Å². The normalized spacial score (nSPS) is 9.88. The Kier molecular flexibility index (Phi) is 8.19. The van der Waals surface area contributed by atoms with Crippen molar-refractivity contribution >= 4 is 29.2 Å². The maximum Gasteiger partial charge on any atom is 0.338 e. The molecule has 0 radical (unpaired) electrons. The molecule has 0 fully saturated rings. The molecule has 3 rings (SSSR count). The van der Waals surface area contributed by atoms with Crippen LogP contribution in [0.4, 0.5) is 11.4 Å². The Morgan fingerprint density at radius 3 is 2.18 bits per heavy atom. The number of nitrogens with zero attached hydrogens (tertiary/aromatic N) is 1. The summed E-state index contributed by atoms with van der Waals surface area (Å²) >= 11 is 0. The zero-order valence-electron chi connectivity index (χ0n) is 18.2. The number of anilines is 2. The van der Waals surface area contributed by atoms with Crippen molar-refractivity contribution in [3.05, 3.63) is 83.9 Å². The van der Waals surface area contributed by atoms with Gasteiger partial charge in [0.25, 0.3) is 11.8 Å². The summed E-state index contributed by atoms with van der Waals surface area (Å²) in [6.45, 7) is -0.696. The summed E-state index contributed by atoms with van der Waals surface area (Å²) in [6.07, 6.45) is 0. The molecular weight excluding hydrogens is 438 g/mol. The minimum absolute atomic E-state index is 0.222. The van der Waals surface area contributed by atoms with Crippen LogP contribution >= 0.6 is 0 Å². The Labute approximate surface area is 195 Å². The zero-order chi connectivity index (χ0) is 24.3. The second-order valence-electron chi connectivity index (χ2n) is 6.91. The second-order valence-corrected chi connectivity index (χ2v) is 6.91. The molecule has 2 amide bonds. The average Bonchev–Trinajstić information content (AvgIpc) is 2.87. The number of nitriles is 1. The number of rotatable bonds is 9. The number of ether oxygens (including phenoxy) is 3. The number of benzene rings is 3. The molecule has 0 aliphatic heterocycles. The van der Waals surface area contributed by atoms with Crippen molar-refractivity contribution in [3.8, 4) is 17.6 Å². The molecule has 0 heterocycles. The van der Waals surface area contributed by atoms with Gasteiger partial charge in [-0.1, -0.05) is 6.07 Å². The van der Waals surface area contributed by atoms with Gasteiger partial charge in [-0.25, -0.2) is 4.79 Å². The fourth-order valence-electron chi connectivity index (χ4n) is 2.77. The standard InChI is InChI=1S/C25H21N3O6/c1-32-22-4-2-3-20(13-22)28-23(29)15-33-21-11-7-18(8-12-21)25(31)34-16-24(30)27-19-9-5-17(14-26)6-10-19/h2-13H,15-16H2,1H3,(H,27,30)(H,28,29). The van der Waals surface area contributed by atoms with Gasteiger partial charge >= 0.3 is 5.97 Å². The molecule has 0 spiro atoms. The largest absolute Gasteiger partial charge is 0.497 e. The highest BCUT2D eigenvalue weighted by Crippen LogP contribution is 2.17. The molecular formula is C25H21N3O6. The van der Waals surface area contributed by atoms with E-state index in [1.807, 2.05) is 6.07 Å². The molecule has 0 saturated carbocycles. The summed E-state index contributed by atoms with van der Waals surface area (Å²) in [5.74, 6) is -0.550. The summed E-state index contributed by atoms with van der Waals surface area (Å²) in [5, 5.41) is 14.0. The van der Waals surface area contributed by atoms with Gasteiger partial charge in [0.05, 0.1) is 24.3 Å². The molecule has 3 aromatic rings. The van der Waals surface area contributed by atoms with Gasteiger partial charge in [-0.2, -0.15) is 5.26 Å². The van der Waals surface area contributed by atoms with E-state index >= 15 is 0 Å². The first-order valence-electron chi connectivity index (χ1n) is 10.1. The van der Waals surface area contributed by atoms with Crippen molar-refractivity contribution in [2.75, 3.05) is 31.0 Å². The van der Waals surface area contributed by atoms with Gasteiger partial charge in [-0.15, -0.1) is 0 Å². The first-order chi connectivity index (χ1) is 16.5. The number of nitrogens with one attached hydrogen (secondary N) is 2. The summed E-state index contributed by atoms with van der Waals surface area (Å²) in [6, 6.07) is 21.2. The highest BCUT2D eigenvalue weighted by Gasteiger charge is 2.11. The predicted molar refractivity (Wildman–Crippen MR) is 124 cm³/mol. The molecule has 2 N–H and O–H groups in total. The first kappa shape index (κ1) is 23.8. The quantitative estimate of drug-likeness (QED) is 0.470. The van der Waals surface area contributed by atoms with E-state index in [2.05, 4.69) is 10.6 Å². The summed E-state index contributed by atoms with van der Waals surface area (Å²) < 4.78 is 15.6. The summed E-state index contributed by atoms with van der Waals surface area (Å²) in [7, 11) is 1.54. The van der Waals surface area contributed by atoms with Crippen LogP contribution < -0.4 is 20.1 Å². The fourth-order valence-corrected chi connectivity index (χ4v) is 2.77. The number of carbonyl (C=O) groups is 3. The Balaban J connectivity index is 1.43. The molecule has 9 heteroatoms.